The van der Waals surface area contributed by atoms with Gasteiger partial charge in [0.25, 0.3) is 5.56 Å². The van der Waals surface area contributed by atoms with Crippen LogP contribution in [0.3, 0.4) is 0 Å². The van der Waals surface area contributed by atoms with Crippen LogP contribution in [0.1, 0.15) is 30.5 Å². The highest BCUT2D eigenvalue weighted by Gasteiger charge is 2.17. The molecule has 1 aliphatic rings. The molecule has 0 spiro atoms. The molecule has 0 radical (unpaired) electrons. The topological polar surface area (TPSA) is 85.1 Å². The molecule has 0 aliphatic carbocycles. The van der Waals surface area contributed by atoms with Crippen LogP contribution in [0.2, 0.25) is 0 Å². The van der Waals surface area contributed by atoms with E-state index in [9.17, 15) is 9.59 Å². The smallest absolute Gasteiger partial charge is 0.256 e. The molecule has 1 aromatic carbocycles. The fourth-order valence-electron chi connectivity index (χ4n) is 4.01. The molecule has 1 saturated heterocycles. The molecule has 0 atom stereocenters. The van der Waals surface area contributed by atoms with Gasteiger partial charge in [-0.3, -0.25) is 14.9 Å². The Labute approximate surface area is 175 Å². The van der Waals surface area contributed by atoms with Crippen molar-refractivity contribution in [2.75, 3.05) is 25.0 Å². The van der Waals surface area contributed by atoms with Gasteiger partial charge in [-0.05, 0) is 45.0 Å². The summed E-state index contributed by atoms with van der Waals surface area (Å²) in [7, 11) is 1.65. The first-order valence-corrected chi connectivity index (χ1v) is 10.5. The van der Waals surface area contributed by atoms with E-state index < -0.39 is 0 Å². The SMILES string of the molecule is Cc1c(CC(=O)Nc2nc3ccccc3n2CCN2CCCCC2)ncn(C)c1=O. The zero-order valence-electron chi connectivity index (χ0n) is 17.6. The summed E-state index contributed by atoms with van der Waals surface area (Å²) in [5, 5.41) is 2.94. The van der Waals surface area contributed by atoms with Crippen LogP contribution in [0.25, 0.3) is 11.0 Å². The van der Waals surface area contributed by atoms with Crippen molar-refractivity contribution >= 4 is 22.9 Å². The molecule has 4 rings (SSSR count). The van der Waals surface area contributed by atoms with Gasteiger partial charge in [0.05, 0.1) is 29.5 Å². The number of rotatable bonds is 6. The average Bonchev–Trinajstić information content (AvgIpc) is 3.10. The Hall–Kier alpha value is -3.00. The number of amides is 1. The number of likely N-dealkylation sites (tertiary alicyclic amines) is 1. The van der Waals surface area contributed by atoms with E-state index in [1.165, 1.54) is 30.2 Å². The van der Waals surface area contributed by atoms with E-state index in [0.717, 1.165) is 37.2 Å². The third-order valence-corrected chi connectivity index (χ3v) is 5.78. The minimum absolute atomic E-state index is 0.0389. The monoisotopic (exact) mass is 408 g/mol. The number of carbonyl (C=O) groups is 1. The Bertz CT molecular complexity index is 1110. The maximum Gasteiger partial charge on any atom is 0.256 e. The molecule has 3 heterocycles. The lowest BCUT2D eigenvalue weighted by molar-refractivity contribution is -0.115. The minimum Gasteiger partial charge on any atom is -0.309 e. The number of aryl methyl sites for hydroxylation is 1. The lowest BCUT2D eigenvalue weighted by Crippen LogP contribution is -2.33. The summed E-state index contributed by atoms with van der Waals surface area (Å²) in [6, 6.07) is 7.92. The molecule has 1 fully saturated rings. The number of hydrogen-bond acceptors (Lipinski definition) is 5. The van der Waals surface area contributed by atoms with Gasteiger partial charge >= 0.3 is 0 Å². The van der Waals surface area contributed by atoms with Crippen LogP contribution in [-0.2, 0) is 24.8 Å². The molecular formula is C22H28N6O2. The molecule has 1 amide bonds. The van der Waals surface area contributed by atoms with Gasteiger partial charge in [-0.1, -0.05) is 18.6 Å². The first-order chi connectivity index (χ1) is 14.5. The Kier molecular flexibility index (Phi) is 5.94. The summed E-state index contributed by atoms with van der Waals surface area (Å²) < 4.78 is 3.49. The maximum absolute atomic E-state index is 12.7. The second-order valence-corrected chi connectivity index (χ2v) is 7.94. The molecule has 1 aliphatic heterocycles. The minimum atomic E-state index is -0.228. The number of para-hydroxylation sites is 2. The summed E-state index contributed by atoms with van der Waals surface area (Å²) in [6.45, 7) is 5.65. The number of benzene rings is 1. The van der Waals surface area contributed by atoms with Gasteiger partial charge in [0.1, 0.15) is 0 Å². The van der Waals surface area contributed by atoms with E-state index in [1.54, 1.807) is 14.0 Å². The molecule has 0 bridgehead atoms. The summed E-state index contributed by atoms with van der Waals surface area (Å²) in [4.78, 5) is 36.2. The zero-order valence-corrected chi connectivity index (χ0v) is 17.6. The van der Waals surface area contributed by atoms with E-state index in [1.807, 2.05) is 24.3 Å². The van der Waals surface area contributed by atoms with Crippen LogP contribution in [-0.4, -0.2) is 49.5 Å². The number of hydrogen-bond donors (Lipinski definition) is 1. The van der Waals surface area contributed by atoms with Gasteiger partial charge in [0.15, 0.2) is 0 Å². The molecule has 1 N–H and O–H groups in total. The van der Waals surface area contributed by atoms with E-state index in [4.69, 9.17) is 0 Å². The Morgan fingerprint density at radius 3 is 2.70 bits per heavy atom. The molecular weight excluding hydrogens is 380 g/mol. The van der Waals surface area contributed by atoms with Crippen molar-refractivity contribution in [2.24, 2.45) is 7.05 Å². The molecule has 3 aromatic rings. The van der Waals surface area contributed by atoms with Crippen molar-refractivity contribution in [1.82, 2.24) is 24.0 Å². The fraction of sp³-hybridized carbons (Fsp3) is 0.455. The maximum atomic E-state index is 12.7. The van der Waals surface area contributed by atoms with Crippen molar-refractivity contribution in [1.29, 1.82) is 0 Å². The van der Waals surface area contributed by atoms with Crippen LogP contribution < -0.4 is 10.9 Å². The molecule has 0 unspecified atom stereocenters. The number of nitrogens with one attached hydrogen (secondary N) is 1. The highest BCUT2D eigenvalue weighted by molar-refractivity contribution is 5.92. The predicted molar refractivity (Wildman–Crippen MR) is 117 cm³/mol. The van der Waals surface area contributed by atoms with Gasteiger partial charge in [0, 0.05) is 25.7 Å². The summed E-state index contributed by atoms with van der Waals surface area (Å²) in [6.07, 6.45) is 5.29. The third kappa shape index (κ3) is 4.28. The molecule has 158 valence electrons. The van der Waals surface area contributed by atoms with Gasteiger partial charge in [-0.25, -0.2) is 9.97 Å². The lowest BCUT2D eigenvalue weighted by atomic mass is 10.1. The van der Waals surface area contributed by atoms with Crippen molar-refractivity contribution in [3.63, 3.8) is 0 Å². The quantitative estimate of drug-likeness (QED) is 0.675. The Morgan fingerprint density at radius 1 is 1.13 bits per heavy atom. The Balaban J connectivity index is 1.53. The predicted octanol–water partition coefficient (Wildman–Crippen LogP) is 2.11. The van der Waals surface area contributed by atoms with E-state index in [-0.39, 0.29) is 17.9 Å². The molecule has 0 saturated carbocycles. The first-order valence-electron chi connectivity index (χ1n) is 10.5. The van der Waals surface area contributed by atoms with Crippen molar-refractivity contribution in [2.45, 2.75) is 39.2 Å². The Morgan fingerprint density at radius 2 is 1.90 bits per heavy atom. The van der Waals surface area contributed by atoms with Crippen LogP contribution in [0, 0.1) is 6.92 Å². The van der Waals surface area contributed by atoms with Crippen LogP contribution in [0.5, 0.6) is 0 Å². The van der Waals surface area contributed by atoms with Crippen molar-refractivity contribution in [3.8, 4) is 0 Å². The second-order valence-electron chi connectivity index (χ2n) is 7.94. The number of anilines is 1. The average molecular weight is 409 g/mol. The van der Waals surface area contributed by atoms with Gasteiger partial charge < -0.3 is 14.0 Å². The molecule has 30 heavy (non-hydrogen) atoms. The number of piperidine rings is 1. The van der Waals surface area contributed by atoms with Crippen LogP contribution >= 0.6 is 0 Å². The van der Waals surface area contributed by atoms with Gasteiger partial charge in [0.2, 0.25) is 11.9 Å². The largest absolute Gasteiger partial charge is 0.309 e. The van der Waals surface area contributed by atoms with Crippen molar-refractivity contribution < 1.29 is 4.79 Å². The number of aromatic nitrogens is 4. The number of carbonyl (C=O) groups excluding carboxylic acids is 1. The number of fused-ring (bicyclic) bond motifs is 1. The second kappa shape index (κ2) is 8.79. The molecule has 8 heteroatoms. The van der Waals surface area contributed by atoms with E-state index >= 15 is 0 Å². The highest BCUT2D eigenvalue weighted by Crippen LogP contribution is 2.20. The van der Waals surface area contributed by atoms with Crippen LogP contribution in [0.4, 0.5) is 5.95 Å². The molecule has 2 aromatic heterocycles. The normalized spacial score (nSPS) is 14.9. The van der Waals surface area contributed by atoms with Crippen molar-refractivity contribution in [3.05, 3.63) is 52.2 Å². The third-order valence-electron chi connectivity index (χ3n) is 5.78. The summed E-state index contributed by atoms with van der Waals surface area (Å²) in [5.74, 6) is 0.313. The number of imidazole rings is 1. The standard InChI is InChI=1S/C22H28N6O2/c1-16-18(23-15-26(2)21(16)30)14-20(29)25-22-24-17-8-4-5-9-19(17)28(22)13-12-27-10-6-3-7-11-27/h4-5,8-9,15H,3,6-7,10-14H2,1-2H3,(H,24,25,29). The summed E-state index contributed by atoms with van der Waals surface area (Å²) in [5.41, 5.74) is 2.71. The fourth-order valence-corrected chi connectivity index (χ4v) is 4.01. The molecule has 8 nitrogen and oxygen atoms in total. The van der Waals surface area contributed by atoms with E-state index in [2.05, 4.69) is 24.8 Å². The van der Waals surface area contributed by atoms with Crippen LogP contribution in [0.15, 0.2) is 35.4 Å². The van der Waals surface area contributed by atoms with Gasteiger partial charge in [-0.15, -0.1) is 0 Å². The lowest BCUT2D eigenvalue weighted by Gasteiger charge is -2.26. The van der Waals surface area contributed by atoms with Gasteiger partial charge in [-0.2, -0.15) is 0 Å². The van der Waals surface area contributed by atoms with E-state index in [0.29, 0.717) is 17.2 Å². The first kappa shape index (κ1) is 20.3. The number of nitrogens with zero attached hydrogens (tertiary/aromatic N) is 5. The zero-order chi connectivity index (χ0) is 21.1. The summed E-state index contributed by atoms with van der Waals surface area (Å²) >= 11 is 0. The highest BCUT2D eigenvalue weighted by atomic mass is 16.2.